The number of hydrogen-bond donors (Lipinski definition) is 2. The van der Waals surface area contributed by atoms with Gasteiger partial charge in [0, 0.05) is 24.4 Å². The van der Waals surface area contributed by atoms with Crippen molar-refractivity contribution >= 4 is 17.5 Å². The predicted octanol–water partition coefficient (Wildman–Crippen LogP) is 1.77. The molecule has 0 saturated carbocycles. The molecule has 2 unspecified atom stereocenters. The molecule has 3 nitrogen and oxygen atoms in total. The first kappa shape index (κ1) is 14.7. The topological polar surface area (TPSA) is 49.3 Å². The normalized spacial score (nSPS) is 15.9. The third kappa shape index (κ3) is 5.38. The Labute approximate surface area is 97.2 Å². The highest BCUT2D eigenvalue weighted by molar-refractivity contribution is 6.19. The molecule has 15 heavy (non-hydrogen) atoms. The van der Waals surface area contributed by atoms with Gasteiger partial charge in [0.25, 0.3) is 0 Å². The highest BCUT2D eigenvalue weighted by Gasteiger charge is 2.26. The zero-order chi connectivity index (χ0) is 12.1. The second kappa shape index (κ2) is 6.33. The Hall–Kier alpha value is -0.280. The quantitative estimate of drug-likeness (QED) is 0.714. The molecule has 0 aliphatic rings. The molecule has 2 atom stereocenters. The molecule has 0 bridgehead atoms. The van der Waals surface area contributed by atoms with Crippen LogP contribution in [-0.2, 0) is 4.79 Å². The summed E-state index contributed by atoms with van der Waals surface area (Å²) >= 11 is 5.61. The van der Waals surface area contributed by atoms with Crippen LogP contribution in [0.25, 0.3) is 0 Å². The summed E-state index contributed by atoms with van der Waals surface area (Å²) in [5, 5.41) is 11.9. The average Bonchev–Trinajstić information content (AvgIpc) is 2.14. The van der Waals surface area contributed by atoms with Crippen molar-refractivity contribution in [1.82, 2.24) is 5.32 Å². The first-order valence-electron chi connectivity index (χ1n) is 5.30. The van der Waals surface area contributed by atoms with Crippen LogP contribution in [0.1, 0.15) is 34.1 Å². The minimum atomic E-state index is -0.185. The van der Waals surface area contributed by atoms with E-state index in [-0.39, 0.29) is 29.9 Å². The van der Waals surface area contributed by atoms with Gasteiger partial charge in [0.15, 0.2) is 0 Å². The van der Waals surface area contributed by atoms with Gasteiger partial charge in [0.1, 0.15) is 0 Å². The molecule has 0 rings (SSSR count). The van der Waals surface area contributed by atoms with Crippen LogP contribution in [0.3, 0.4) is 0 Å². The monoisotopic (exact) mass is 235 g/mol. The average molecular weight is 236 g/mol. The van der Waals surface area contributed by atoms with Crippen molar-refractivity contribution < 1.29 is 9.90 Å². The number of carbonyl (C=O) groups excluding carboxylic acids is 1. The van der Waals surface area contributed by atoms with E-state index < -0.39 is 0 Å². The summed E-state index contributed by atoms with van der Waals surface area (Å²) < 4.78 is 0. The fraction of sp³-hybridized carbons (Fsp3) is 0.909. The van der Waals surface area contributed by atoms with Crippen LogP contribution in [0.4, 0.5) is 0 Å². The number of hydrogen-bond acceptors (Lipinski definition) is 2. The zero-order valence-corrected chi connectivity index (χ0v) is 10.8. The van der Waals surface area contributed by atoms with E-state index >= 15 is 0 Å². The lowest BCUT2D eigenvalue weighted by Crippen LogP contribution is -2.46. The summed E-state index contributed by atoms with van der Waals surface area (Å²) in [6.07, 6.45) is 0.574. The fourth-order valence-electron chi connectivity index (χ4n) is 1.23. The van der Waals surface area contributed by atoms with Gasteiger partial charge in [-0.25, -0.2) is 0 Å². The third-order valence-corrected chi connectivity index (χ3v) is 2.92. The molecule has 0 saturated heterocycles. The van der Waals surface area contributed by atoms with Gasteiger partial charge in [-0.1, -0.05) is 27.7 Å². The summed E-state index contributed by atoms with van der Waals surface area (Å²) in [4.78, 5) is 11.6. The van der Waals surface area contributed by atoms with E-state index in [9.17, 15) is 4.79 Å². The van der Waals surface area contributed by atoms with Crippen molar-refractivity contribution in [1.29, 1.82) is 0 Å². The molecule has 90 valence electrons. The molecule has 0 aliphatic carbocycles. The number of aliphatic hydroxyl groups is 1. The number of nitrogens with one attached hydrogen (secondary N) is 1. The first-order valence-corrected chi connectivity index (χ1v) is 5.83. The van der Waals surface area contributed by atoms with Gasteiger partial charge in [-0.3, -0.25) is 4.79 Å². The van der Waals surface area contributed by atoms with E-state index in [1.807, 2.05) is 20.8 Å². The largest absolute Gasteiger partial charge is 0.396 e. The molecule has 0 radical (unpaired) electrons. The molecule has 1 amide bonds. The summed E-state index contributed by atoms with van der Waals surface area (Å²) in [6.45, 7) is 8.00. The molecule has 0 aromatic heterocycles. The lowest BCUT2D eigenvalue weighted by molar-refractivity contribution is -0.125. The molecule has 4 heteroatoms. The Morgan fingerprint density at radius 3 is 2.33 bits per heavy atom. The lowest BCUT2D eigenvalue weighted by atomic mass is 9.84. The number of alkyl halides is 1. The second-order valence-corrected chi connectivity index (χ2v) is 5.30. The minimum absolute atomic E-state index is 0.0133. The van der Waals surface area contributed by atoms with Crippen molar-refractivity contribution in [2.45, 2.75) is 40.2 Å². The Morgan fingerprint density at radius 2 is 2.00 bits per heavy atom. The highest BCUT2D eigenvalue weighted by atomic mass is 35.5. The summed E-state index contributed by atoms with van der Waals surface area (Å²) in [5.41, 5.74) is -0.0512. The van der Waals surface area contributed by atoms with Crippen molar-refractivity contribution in [2.75, 3.05) is 12.5 Å². The maximum absolute atomic E-state index is 11.6. The van der Waals surface area contributed by atoms with Gasteiger partial charge in [0.2, 0.25) is 5.91 Å². The molecule has 0 fully saturated rings. The fourth-order valence-corrected chi connectivity index (χ4v) is 1.37. The Bertz CT molecular complexity index is 201. The standard InChI is InChI=1S/C11H22ClNO2/c1-8(7-12)10(15)13-9(5-6-14)11(2,3)4/h8-9,14H,5-7H2,1-4H3,(H,13,15). The first-order chi connectivity index (χ1) is 6.82. The molecule has 0 aliphatic heterocycles. The number of amides is 1. The van der Waals surface area contributed by atoms with Crippen LogP contribution >= 0.6 is 11.6 Å². The van der Waals surface area contributed by atoms with Gasteiger partial charge >= 0.3 is 0 Å². The number of aliphatic hydroxyl groups excluding tert-OH is 1. The van der Waals surface area contributed by atoms with Gasteiger partial charge in [-0.2, -0.15) is 0 Å². The van der Waals surface area contributed by atoms with Crippen molar-refractivity contribution in [2.24, 2.45) is 11.3 Å². The molecule has 0 aromatic rings. The van der Waals surface area contributed by atoms with E-state index in [1.54, 1.807) is 6.92 Å². The highest BCUT2D eigenvalue weighted by Crippen LogP contribution is 2.22. The minimum Gasteiger partial charge on any atom is -0.396 e. The SMILES string of the molecule is CC(CCl)C(=O)NC(CCO)C(C)(C)C. The summed E-state index contributed by atoms with van der Waals surface area (Å²) in [5.74, 6) is 0.0931. The van der Waals surface area contributed by atoms with Crippen molar-refractivity contribution in [3.8, 4) is 0 Å². The second-order valence-electron chi connectivity index (χ2n) is 4.99. The van der Waals surface area contributed by atoms with E-state index in [0.29, 0.717) is 12.3 Å². The predicted molar refractivity (Wildman–Crippen MR) is 63.0 cm³/mol. The van der Waals surface area contributed by atoms with Gasteiger partial charge in [-0.15, -0.1) is 11.6 Å². The molecule has 2 N–H and O–H groups in total. The van der Waals surface area contributed by atoms with Crippen LogP contribution in [0, 0.1) is 11.3 Å². The van der Waals surface area contributed by atoms with Gasteiger partial charge in [0.05, 0.1) is 0 Å². The number of halogens is 1. The third-order valence-electron chi connectivity index (χ3n) is 2.46. The molecule has 0 aromatic carbocycles. The Morgan fingerprint density at radius 1 is 1.47 bits per heavy atom. The zero-order valence-electron chi connectivity index (χ0n) is 10.0. The van der Waals surface area contributed by atoms with Crippen LogP contribution in [0.5, 0.6) is 0 Å². The maximum atomic E-state index is 11.6. The van der Waals surface area contributed by atoms with Crippen LogP contribution in [0.15, 0.2) is 0 Å². The van der Waals surface area contributed by atoms with Crippen LogP contribution in [-0.4, -0.2) is 29.5 Å². The molecule has 0 heterocycles. The van der Waals surface area contributed by atoms with Gasteiger partial charge in [-0.05, 0) is 11.8 Å². The summed E-state index contributed by atoms with van der Waals surface area (Å²) in [7, 11) is 0. The number of carbonyl (C=O) groups is 1. The molecular weight excluding hydrogens is 214 g/mol. The number of rotatable bonds is 5. The smallest absolute Gasteiger partial charge is 0.224 e. The van der Waals surface area contributed by atoms with Crippen molar-refractivity contribution in [3.63, 3.8) is 0 Å². The van der Waals surface area contributed by atoms with Gasteiger partial charge < -0.3 is 10.4 Å². The van der Waals surface area contributed by atoms with E-state index in [2.05, 4.69) is 5.32 Å². The van der Waals surface area contributed by atoms with E-state index in [1.165, 1.54) is 0 Å². The van der Waals surface area contributed by atoms with E-state index in [0.717, 1.165) is 0 Å². The molecule has 0 spiro atoms. The Balaban J connectivity index is 4.35. The van der Waals surface area contributed by atoms with Crippen LogP contribution in [0.2, 0.25) is 0 Å². The summed E-state index contributed by atoms with van der Waals surface area (Å²) in [6, 6.07) is -0.0133. The molecular formula is C11H22ClNO2. The van der Waals surface area contributed by atoms with Crippen molar-refractivity contribution in [3.05, 3.63) is 0 Å². The lowest BCUT2D eigenvalue weighted by Gasteiger charge is -2.31. The Kier molecular flexibility index (Phi) is 6.22. The maximum Gasteiger partial charge on any atom is 0.224 e. The van der Waals surface area contributed by atoms with E-state index in [4.69, 9.17) is 16.7 Å². The van der Waals surface area contributed by atoms with Crippen LogP contribution < -0.4 is 5.32 Å².